The first-order chi connectivity index (χ1) is 6.66. The summed E-state index contributed by atoms with van der Waals surface area (Å²) >= 11 is 0. The van der Waals surface area contributed by atoms with Crippen molar-refractivity contribution >= 4 is 11.7 Å². The molecule has 0 aliphatic heterocycles. The molecule has 14 heavy (non-hydrogen) atoms. The highest BCUT2D eigenvalue weighted by atomic mass is 16.6. The van der Waals surface area contributed by atoms with Gasteiger partial charge in [-0.3, -0.25) is 4.79 Å². The highest BCUT2D eigenvalue weighted by Gasteiger charge is 2.19. The summed E-state index contributed by atoms with van der Waals surface area (Å²) in [6.07, 6.45) is 0. The number of nitrogens with two attached hydrogens (primary N) is 1. The quantitative estimate of drug-likeness (QED) is 0.641. The van der Waals surface area contributed by atoms with Gasteiger partial charge in [0, 0.05) is 20.1 Å². The molecule has 0 atom stereocenters. The molecule has 0 unspecified atom stereocenters. The molecule has 1 aromatic rings. The number of carbonyl (C=O) groups excluding carboxylic acids is 1. The molecule has 7 nitrogen and oxygen atoms in total. The van der Waals surface area contributed by atoms with E-state index in [1.165, 1.54) is 4.90 Å². The highest BCUT2D eigenvalue weighted by molar-refractivity contribution is 5.95. The Morgan fingerprint density at radius 2 is 2.36 bits per heavy atom. The van der Waals surface area contributed by atoms with E-state index >= 15 is 0 Å². The van der Waals surface area contributed by atoms with Crippen LogP contribution in [0.3, 0.4) is 0 Å². The maximum atomic E-state index is 11.6. The first kappa shape index (κ1) is 10.5. The zero-order valence-corrected chi connectivity index (χ0v) is 8.15. The predicted molar refractivity (Wildman–Crippen MR) is 49.6 cm³/mol. The largest absolute Gasteiger partial charge is 0.379 e. The molecule has 0 spiro atoms. The van der Waals surface area contributed by atoms with Crippen molar-refractivity contribution in [3.8, 4) is 0 Å². The lowest BCUT2D eigenvalue weighted by Crippen LogP contribution is -2.33. The van der Waals surface area contributed by atoms with Crippen molar-refractivity contribution in [1.82, 2.24) is 20.5 Å². The maximum Gasteiger partial charge on any atom is 0.279 e. The first-order valence-electron chi connectivity index (χ1n) is 4.15. The van der Waals surface area contributed by atoms with Gasteiger partial charge in [0.25, 0.3) is 5.91 Å². The van der Waals surface area contributed by atoms with Crippen molar-refractivity contribution in [2.24, 2.45) is 0 Å². The molecule has 0 fully saturated rings. The van der Waals surface area contributed by atoms with Gasteiger partial charge in [-0.15, -0.1) is 0 Å². The van der Waals surface area contributed by atoms with Gasteiger partial charge < -0.3 is 16.0 Å². The zero-order valence-electron chi connectivity index (χ0n) is 8.15. The topological polar surface area (TPSA) is 97.3 Å². The summed E-state index contributed by atoms with van der Waals surface area (Å²) in [7, 11) is 3.47. The molecule has 1 heterocycles. The van der Waals surface area contributed by atoms with Crippen molar-refractivity contribution in [3.63, 3.8) is 0 Å². The third-order valence-corrected chi connectivity index (χ3v) is 1.76. The van der Waals surface area contributed by atoms with Gasteiger partial charge in [-0.1, -0.05) is 0 Å². The highest BCUT2D eigenvalue weighted by Crippen LogP contribution is 2.06. The summed E-state index contributed by atoms with van der Waals surface area (Å²) in [6.45, 7) is 1.27. The van der Waals surface area contributed by atoms with Gasteiger partial charge >= 0.3 is 0 Å². The number of carbonyl (C=O) groups is 1. The van der Waals surface area contributed by atoms with Crippen LogP contribution in [0.2, 0.25) is 0 Å². The number of likely N-dealkylation sites (N-methyl/N-ethyl adjacent to an activating group) is 2. The SMILES string of the molecule is CNCCN(C)C(=O)c1nonc1N. The van der Waals surface area contributed by atoms with Crippen LogP contribution < -0.4 is 11.1 Å². The second kappa shape index (κ2) is 4.56. The van der Waals surface area contributed by atoms with Gasteiger partial charge in [0.2, 0.25) is 11.5 Å². The molecular weight excluding hydrogens is 186 g/mol. The van der Waals surface area contributed by atoms with Gasteiger partial charge in [0.05, 0.1) is 0 Å². The number of nitrogens with zero attached hydrogens (tertiary/aromatic N) is 3. The van der Waals surface area contributed by atoms with Crippen LogP contribution in [0, 0.1) is 0 Å². The Hall–Kier alpha value is -1.63. The van der Waals surface area contributed by atoms with Crippen LogP contribution in [0.1, 0.15) is 10.5 Å². The third-order valence-electron chi connectivity index (χ3n) is 1.76. The average Bonchev–Trinajstić information content (AvgIpc) is 2.59. The Kier molecular flexibility index (Phi) is 3.41. The first-order valence-corrected chi connectivity index (χ1v) is 4.15. The van der Waals surface area contributed by atoms with E-state index < -0.39 is 0 Å². The molecule has 0 aliphatic carbocycles. The number of amides is 1. The standard InChI is InChI=1S/C7H13N5O2/c1-9-3-4-12(2)7(13)5-6(8)11-14-10-5/h9H,3-4H2,1-2H3,(H2,8,11). The molecule has 0 bridgehead atoms. The Morgan fingerprint density at radius 3 is 2.86 bits per heavy atom. The molecule has 3 N–H and O–H groups in total. The van der Waals surface area contributed by atoms with Crippen LogP contribution in [-0.4, -0.2) is 48.3 Å². The third kappa shape index (κ3) is 2.19. The van der Waals surface area contributed by atoms with Crippen LogP contribution >= 0.6 is 0 Å². The summed E-state index contributed by atoms with van der Waals surface area (Å²) in [6, 6.07) is 0. The molecule has 1 amide bonds. The molecular formula is C7H13N5O2. The van der Waals surface area contributed by atoms with Gasteiger partial charge in [-0.2, -0.15) is 0 Å². The van der Waals surface area contributed by atoms with Crippen LogP contribution in [-0.2, 0) is 0 Å². The Bertz CT molecular complexity index is 311. The minimum absolute atomic E-state index is 0.0197. The molecule has 1 rings (SSSR count). The fourth-order valence-electron chi connectivity index (χ4n) is 0.906. The number of hydrogen-bond donors (Lipinski definition) is 2. The van der Waals surface area contributed by atoms with Crippen molar-refractivity contribution < 1.29 is 9.42 Å². The number of nitrogen functional groups attached to an aromatic ring is 1. The summed E-state index contributed by atoms with van der Waals surface area (Å²) < 4.78 is 4.33. The van der Waals surface area contributed by atoms with Crippen LogP contribution in [0.25, 0.3) is 0 Å². The maximum absolute atomic E-state index is 11.6. The average molecular weight is 199 g/mol. The lowest BCUT2D eigenvalue weighted by Gasteiger charge is -2.14. The monoisotopic (exact) mass is 199 g/mol. The molecule has 7 heteroatoms. The van der Waals surface area contributed by atoms with Crippen LogP contribution in [0.5, 0.6) is 0 Å². The van der Waals surface area contributed by atoms with Crippen molar-refractivity contribution in [2.75, 3.05) is 32.9 Å². The van der Waals surface area contributed by atoms with Gasteiger partial charge in [0.1, 0.15) is 0 Å². The fourth-order valence-corrected chi connectivity index (χ4v) is 0.906. The molecule has 1 aromatic heterocycles. The van der Waals surface area contributed by atoms with Crippen LogP contribution in [0.15, 0.2) is 4.63 Å². The smallest absolute Gasteiger partial charge is 0.279 e. The van der Waals surface area contributed by atoms with E-state index in [1.807, 2.05) is 7.05 Å². The number of nitrogens with one attached hydrogen (secondary N) is 1. The van der Waals surface area contributed by atoms with E-state index in [2.05, 4.69) is 20.3 Å². The fraction of sp³-hybridized carbons (Fsp3) is 0.571. The Labute approximate surface area is 81.2 Å². The van der Waals surface area contributed by atoms with E-state index in [-0.39, 0.29) is 17.4 Å². The Balaban J connectivity index is 2.61. The molecule has 0 aromatic carbocycles. The second-order valence-electron chi connectivity index (χ2n) is 2.83. The Morgan fingerprint density at radius 1 is 1.64 bits per heavy atom. The van der Waals surface area contributed by atoms with Crippen molar-refractivity contribution in [1.29, 1.82) is 0 Å². The lowest BCUT2D eigenvalue weighted by atomic mass is 10.3. The van der Waals surface area contributed by atoms with E-state index in [9.17, 15) is 4.79 Å². The van der Waals surface area contributed by atoms with E-state index in [0.717, 1.165) is 0 Å². The molecule has 0 radical (unpaired) electrons. The zero-order chi connectivity index (χ0) is 10.6. The summed E-state index contributed by atoms with van der Waals surface area (Å²) in [5.41, 5.74) is 5.44. The summed E-state index contributed by atoms with van der Waals surface area (Å²) in [5, 5.41) is 9.68. The number of aromatic nitrogens is 2. The number of rotatable bonds is 4. The van der Waals surface area contributed by atoms with Crippen LogP contribution in [0.4, 0.5) is 5.82 Å². The second-order valence-corrected chi connectivity index (χ2v) is 2.83. The lowest BCUT2D eigenvalue weighted by molar-refractivity contribution is 0.0786. The van der Waals surface area contributed by atoms with Gasteiger partial charge in [0.15, 0.2) is 0 Å². The number of anilines is 1. The predicted octanol–water partition coefficient (Wildman–Crippen LogP) is -1.06. The normalized spacial score (nSPS) is 10.1. The molecule has 0 saturated carbocycles. The van der Waals surface area contributed by atoms with Gasteiger partial charge in [-0.25, -0.2) is 4.63 Å². The minimum Gasteiger partial charge on any atom is -0.379 e. The van der Waals surface area contributed by atoms with E-state index in [0.29, 0.717) is 13.1 Å². The molecule has 78 valence electrons. The van der Waals surface area contributed by atoms with Crippen molar-refractivity contribution in [2.45, 2.75) is 0 Å². The minimum atomic E-state index is -0.293. The number of hydrogen-bond acceptors (Lipinski definition) is 6. The molecule has 0 aliphatic rings. The van der Waals surface area contributed by atoms with E-state index in [1.54, 1.807) is 7.05 Å². The van der Waals surface area contributed by atoms with E-state index in [4.69, 9.17) is 5.73 Å². The summed E-state index contributed by atoms with van der Waals surface area (Å²) in [5.74, 6) is -0.273. The van der Waals surface area contributed by atoms with Crippen molar-refractivity contribution in [3.05, 3.63) is 5.69 Å². The summed E-state index contributed by atoms with van der Waals surface area (Å²) in [4.78, 5) is 13.1. The van der Waals surface area contributed by atoms with Gasteiger partial charge in [-0.05, 0) is 17.4 Å². The molecule has 0 saturated heterocycles.